The van der Waals surface area contributed by atoms with Crippen LogP contribution in [-0.2, 0) is 16.1 Å². The van der Waals surface area contributed by atoms with E-state index in [4.69, 9.17) is 26.8 Å². The second-order valence-electron chi connectivity index (χ2n) is 3.62. The molecule has 0 amide bonds. The lowest BCUT2D eigenvalue weighted by atomic mass is 10.3. The number of ether oxygens (including phenoxy) is 2. The largest absolute Gasteiger partial charge is 0.397 e. The SMILES string of the molecule is COCCOCc1nc2c(N)cc(Cl)cc2[nH]1. The van der Waals surface area contributed by atoms with Crippen molar-refractivity contribution in [2.24, 2.45) is 0 Å². The third kappa shape index (κ3) is 2.88. The number of benzene rings is 1. The predicted octanol–water partition coefficient (Wildman–Crippen LogP) is 1.96. The van der Waals surface area contributed by atoms with Gasteiger partial charge in [0.05, 0.1) is 24.4 Å². The van der Waals surface area contributed by atoms with Crippen molar-refractivity contribution in [1.29, 1.82) is 0 Å². The van der Waals surface area contributed by atoms with Crippen molar-refractivity contribution in [3.8, 4) is 0 Å². The van der Waals surface area contributed by atoms with Gasteiger partial charge in [0, 0.05) is 12.1 Å². The minimum atomic E-state index is 0.398. The maximum Gasteiger partial charge on any atom is 0.133 e. The van der Waals surface area contributed by atoms with Gasteiger partial charge in [-0.15, -0.1) is 0 Å². The van der Waals surface area contributed by atoms with Crippen molar-refractivity contribution in [3.05, 3.63) is 23.0 Å². The number of nitrogen functional groups attached to an aromatic ring is 1. The first-order valence-electron chi connectivity index (χ1n) is 5.21. The Hall–Kier alpha value is -1.30. The number of imidazole rings is 1. The molecule has 0 radical (unpaired) electrons. The van der Waals surface area contributed by atoms with Crippen molar-refractivity contribution in [1.82, 2.24) is 9.97 Å². The molecule has 0 saturated carbocycles. The summed E-state index contributed by atoms with van der Waals surface area (Å²) in [4.78, 5) is 7.46. The van der Waals surface area contributed by atoms with Crippen LogP contribution in [0.15, 0.2) is 12.1 Å². The Balaban J connectivity index is 2.12. The van der Waals surface area contributed by atoms with Gasteiger partial charge in [0.25, 0.3) is 0 Å². The minimum Gasteiger partial charge on any atom is -0.397 e. The molecule has 2 aromatic rings. The molecule has 0 aliphatic heterocycles. The Labute approximate surface area is 104 Å². The van der Waals surface area contributed by atoms with Gasteiger partial charge >= 0.3 is 0 Å². The van der Waals surface area contributed by atoms with Gasteiger partial charge in [-0.1, -0.05) is 11.6 Å². The number of hydrogen-bond acceptors (Lipinski definition) is 4. The lowest BCUT2D eigenvalue weighted by Crippen LogP contribution is -2.02. The molecule has 17 heavy (non-hydrogen) atoms. The molecule has 0 aliphatic carbocycles. The topological polar surface area (TPSA) is 73.2 Å². The number of hydrogen-bond donors (Lipinski definition) is 2. The first kappa shape index (κ1) is 12.2. The highest BCUT2D eigenvalue weighted by Crippen LogP contribution is 2.24. The van der Waals surface area contributed by atoms with E-state index in [0.29, 0.717) is 30.5 Å². The number of aromatic nitrogens is 2. The van der Waals surface area contributed by atoms with Gasteiger partial charge in [0.2, 0.25) is 0 Å². The molecule has 6 heteroatoms. The fourth-order valence-corrected chi connectivity index (χ4v) is 1.76. The Morgan fingerprint density at radius 1 is 1.41 bits per heavy atom. The van der Waals surface area contributed by atoms with Crippen LogP contribution in [0.5, 0.6) is 0 Å². The molecule has 0 saturated heterocycles. The van der Waals surface area contributed by atoms with Gasteiger partial charge in [-0.2, -0.15) is 0 Å². The normalized spacial score (nSPS) is 11.2. The van der Waals surface area contributed by atoms with E-state index in [1.807, 2.05) is 0 Å². The molecule has 0 fully saturated rings. The van der Waals surface area contributed by atoms with Gasteiger partial charge in [-0.25, -0.2) is 4.98 Å². The molecule has 3 N–H and O–H groups in total. The van der Waals surface area contributed by atoms with E-state index in [2.05, 4.69) is 9.97 Å². The summed E-state index contributed by atoms with van der Waals surface area (Å²) >= 11 is 5.90. The van der Waals surface area contributed by atoms with Crippen LogP contribution in [0.3, 0.4) is 0 Å². The molecule has 0 aliphatic rings. The number of fused-ring (bicyclic) bond motifs is 1. The van der Waals surface area contributed by atoms with E-state index < -0.39 is 0 Å². The van der Waals surface area contributed by atoms with E-state index in [9.17, 15) is 0 Å². The molecule has 0 bridgehead atoms. The number of anilines is 1. The summed E-state index contributed by atoms with van der Waals surface area (Å²) in [5, 5.41) is 0.588. The molecule has 0 atom stereocenters. The van der Waals surface area contributed by atoms with Crippen LogP contribution in [0.2, 0.25) is 5.02 Å². The second-order valence-corrected chi connectivity index (χ2v) is 4.06. The summed E-state index contributed by atoms with van der Waals surface area (Å²) in [7, 11) is 1.63. The van der Waals surface area contributed by atoms with Gasteiger partial charge in [-0.3, -0.25) is 0 Å². The Bertz CT molecular complexity index is 513. The van der Waals surface area contributed by atoms with Crippen LogP contribution in [0.25, 0.3) is 11.0 Å². The zero-order chi connectivity index (χ0) is 12.3. The van der Waals surface area contributed by atoms with Crippen LogP contribution in [-0.4, -0.2) is 30.3 Å². The van der Waals surface area contributed by atoms with E-state index in [1.54, 1.807) is 19.2 Å². The Kier molecular flexibility index (Phi) is 3.83. The maximum absolute atomic E-state index is 5.90. The number of aromatic amines is 1. The molecule has 1 heterocycles. The molecule has 1 aromatic heterocycles. The van der Waals surface area contributed by atoms with Crippen LogP contribution in [0, 0.1) is 0 Å². The van der Waals surface area contributed by atoms with Crippen LogP contribution in [0.1, 0.15) is 5.82 Å². The van der Waals surface area contributed by atoms with Gasteiger partial charge in [0.1, 0.15) is 17.9 Å². The fourth-order valence-electron chi connectivity index (χ4n) is 1.54. The smallest absolute Gasteiger partial charge is 0.133 e. The van der Waals surface area contributed by atoms with E-state index in [-0.39, 0.29) is 0 Å². The van der Waals surface area contributed by atoms with Crippen LogP contribution in [0.4, 0.5) is 5.69 Å². The van der Waals surface area contributed by atoms with E-state index in [1.165, 1.54) is 0 Å². The minimum absolute atomic E-state index is 0.398. The summed E-state index contributed by atoms with van der Waals surface area (Å²) in [5.74, 6) is 0.727. The number of halogens is 1. The number of nitrogens with zero attached hydrogens (tertiary/aromatic N) is 1. The molecule has 1 aromatic carbocycles. The fraction of sp³-hybridized carbons (Fsp3) is 0.364. The van der Waals surface area contributed by atoms with E-state index in [0.717, 1.165) is 16.9 Å². The summed E-state index contributed by atoms with van der Waals surface area (Å²) in [6, 6.07) is 3.47. The highest BCUT2D eigenvalue weighted by molar-refractivity contribution is 6.31. The molecular formula is C11H14ClN3O2. The van der Waals surface area contributed by atoms with Crippen molar-refractivity contribution in [2.45, 2.75) is 6.61 Å². The van der Waals surface area contributed by atoms with Crippen LogP contribution < -0.4 is 5.73 Å². The quantitative estimate of drug-likeness (QED) is 0.633. The van der Waals surface area contributed by atoms with Crippen LogP contribution >= 0.6 is 11.6 Å². The number of H-pyrrole nitrogens is 1. The summed E-state index contributed by atoms with van der Waals surface area (Å²) in [5.41, 5.74) is 7.92. The lowest BCUT2D eigenvalue weighted by Gasteiger charge is -1.99. The highest BCUT2D eigenvalue weighted by Gasteiger charge is 2.07. The monoisotopic (exact) mass is 255 g/mol. The van der Waals surface area contributed by atoms with Crippen molar-refractivity contribution in [3.63, 3.8) is 0 Å². The highest BCUT2D eigenvalue weighted by atomic mass is 35.5. The first-order valence-corrected chi connectivity index (χ1v) is 5.59. The molecule has 5 nitrogen and oxygen atoms in total. The number of methoxy groups -OCH3 is 1. The predicted molar refractivity (Wildman–Crippen MR) is 67.0 cm³/mol. The average Bonchev–Trinajstić information content (AvgIpc) is 2.67. The summed E-state index contributed by atoms with van der Waals surface area (Å²) < 4.78 is 10.2. The third-order valence-electron chi connectivity index (χ3n) is 2.30. The van der Waals surface area contributed by atoms with Gasteiger partial charge in [-0.05, 0) is 12.1 Å². The number of rotatable bonds is 5. The first-order chi connectivity index (χ1) is 8.20. The maximum atomic E-state index is 5.90. The molecule has 92 valence electrons. The van der Waals surface area contributed by atoms with Crippen molar-refractivity contribution in [2.75, 3.05) is 26.1 Å². The second kappa shape index (κ2) is 5.35. The molecular weight excluding hydrogens is 242 g/mol. The zero-order valence-electron chi connectivity index (χ0n) is 9.50. The number of nitrogens with one attached hydrogen (secondary N) is 1. The Morgan fingerprint density at radius 3 is 3.00 bits per heavy atom. The van der Waals surface area contributed by atoms with Gasteiger partial charge < -0.3 is 20.2 Å². The van der Waals surface area contributed by atoms with Gasteiger partial charge in [0.15, 0.2) is 0 Å². The van der Waals surface area contributed by atoms with Crippen molar-refractivity contribution >= 4 is 28.3 Å². The molecule has 2 rings (SSSR count). The number of nitrogens with two attached hydrogens (primary N) is 1. The molecule has 0 unspecified atom stereocenters. The lowest BCUT2D eigenvalue weighted by molar-refractivity contribution is 0.0590. The summed E-state index contributed by atoms with van der Waals surface area (Å²) in [6.45, 7) is 1.49. The summed E-state index contributed by atoms with van der Waals surface area (Å²) in [6.07, 6.45) is 0. The zero-order valence-corrected chi connectivity index (χ0v) is 10.3. The Morgan fingerprint density at radius 2 is 2.24 bits per heavy atom. The van der Waals surface area contributed by atoms with E-state index >= 15 is 0 Å². The van der Waals surface area contributed by atoms with Crippen molar-refractivity contribution < 1.29 is 9.47 Å². The third-order valence-corrected chi connectivity index (χ3v) is 2.52. The molecule has 0 spiro atoms. The standard InChI is InChI=1S/C11H14ClN3O2/c1-16-2-3-17-6-10-14-9-5-7(12)4-8(13)11(9)15-10/h4-5H,2-3,6,13H2,1H3,(H,14,15). The average molecular weight is 256 g/mol.